The number of thiazole rings is 1. The van der Waals surface area contributed by atoms with E-state index in [0.717, 1.165) is 17.3 Å². The zero-order chi connectivity index (χ0) is 10.6. The van der Waals surface area contributed by atoms with Crippen LogP contribution in [0.15, 0.2) is 5.38 Å². The monoisotopic (exact) mass is 214 g/mol. The molecule has 3 nitrogen and oxygen atoms in total. The SMILES string of the molecule is CCOC(C)c1nc(C(C)NC)cs1. The molecule has 0 aliphatic carbocycles. The van der Waals surface area contributed by atoms with Crippen molar-refractivity contribution in [3.63, 3.8) is 0 Å². The number of nitrogens with one attached hydrogen (secondary N) is 1. The minimum atomic E-state index is 0.114. The van der Waals surface area contributed by atoms with Gasteiger partial charge in [0.1, 0.15) is 11.1 Å². The summed E-state index contributed by atoms with van der Waals surface area (Å²) in [5, 5.41) is 6.32. The Bertz CT molecular complexity index is 275. The first-order chi connectivity index (χ1) is 6.69. The highest BCUT2D eigenvalue weighted by Crippen LogP contribution is 2.23. The van der Waals surface area contributed by atoms with Crippen molar-refractivity contribution in [3.05, 3.63) is 16.1 Å². The third-order valence-corrected chi connectivity index (χ3v) is 3.20. The van der Waals surface area contributed by atoms with E-state index in [2.05, 4.69) is 22.6 Å². The van der Waals surface area contributed by atoms with Crippen molar-refractivity contribution in [2.45, 2.75) is 32.9 Å². The number of ether oxygens (including phenoxy) is 1. The van der Waals surface area contributed by atoms with Gasteiger partial charge in [-0.3, -0.25) is 0 Å². The highest BCUT2D eigenvalue weighted by atomic mass is 32.1. The fourth-order valence-electron chi connectivity index (χ4n) is 1.16. The van der Waals surface area contributed by atoms with Crippen molar-refractivity contribution in [2.75, 3.05) is 13.7 Å². The van der Waals surface area contributed by atoms with E-state index >= 15 is 0 Å². The van der Waals surface area contributed by atoms with Crippen LogP contribution >= 0.6 is 11.3 Å². The number of hydrogen-bond donors (Lipinski definition) is 1. The molecule has 80 valence electrons. The Balaban J connectivity index is 2.67. The zero-order valence-corrected chi connectivity index (χ0v) is 10.0. The molecule has 1 heterocycles. The molecule has 0 bridgehead atoms. The van der Waals surface area contributed by atoms with E-state index in [4.69, 9.17) is 4.74 Å². The van der Waals surface area contributed by atoms with Crippen LogP contribution in [0.5, 0.6) is 0 Å². The molecule has 0 amide bonds. The standard InChI is InChI=1S/C10H18N2OS/c1-5-13-8(3)10-12-9(6-14-10)7(2)11-4/h6-8,11H,5H2,1-4H3. The molecule has 2 atom stereocenters. The Hall–Kier alpha value is -0.450. The average molecular weight is 214 g/mol. The van der Waals surface area contributed by atoms with E-state index in [1.165, 1.54) is 0 Å². The summed E-state index contributed by atoms with van der Waals surface area (Å²) in [6.45, 7) is 6.87. The molecule has 0 radical (unpaired) electrons. The van der Waals surface area contributed by atoms with Gasteiger partial charge in [0.15, 0.2) is 0 Å². The van der Waals surface area contributed by atoms with Crippen LogP contribution in [-0.2, 0) is 4.74 Å². The summed E-state index contributed by atoms with van der Waals surface area (Å²) in [4.78, 5) is 4.53. The molecular weight excluding hydrogens is 196 g/mol. The molecule has 0 aliphatic rings. The molecule has 0 aliphatic heterocycles. The first-order valence-corrected chi connectivity index (χ1v) is 5.81. The van der Waals surface area contributed by atoms with Crippen LogP contribution in [0.3, 0.4) is 0 Å². The predicted molar refractivity (Wildman–Crippen MR) is 59.6 cm³/mol. The molecule has 14 heavy (non-hydrogen) atoms. The van der Waals surface area contributed by atoms with Gasteiger partial charge in [-0.05, 0) is 27.8 Å². The molecule has 1 aromatic rings. The summed E-state index contributed by atoms with van der Waals surface area (Å²) < 4.78 is 5.48. The van der Waals surface area contributed by atoms with Gasteiger partial charge < -0.3 is 10.1 Å². The van der Waals surface area contributed by atoms with Crippen LogP contribution in [0.1, 0.15) is 43.6 Å². The largest absolute Gasteiger partial charge is 0.372 e. The van der Waals surface area contributed by atoms with Crippen molar-refractivity contribution >= 4 is 11.3 Å². The highest BCUT2D eigenvalue weighted by molar-refractivity contribution is 7.09. The predicted octanol–water partition coefficient (Wildman–Crippen LogP) is 2.52. The third-order valence-electron chi connectivity index (χ3n) is 2.18. The molecule has 0 saturated heterocycles. The molecular formula is C10H18N2OS. The van der Waals surface area contributed by atoms with Crippen molar-refractivity contribution in [1.82, 2.24) is 10.3 Å². The number of nitrogens with zero attached hydrogens (tertiary/aromatic N) is 1. The fourth-order valence-corrected chi connectivity index (χ4v) is 2.07. The van der Waals surface area contributed by atoms with E-state index in [9.17, 15) is 0 Å². The Morgan fingerprint density at radius 2 is 2.29 bits per heavy atom. The van der Waals surface area contributed by atoms with Gasteiger partial charge in [-0.25, -0.2) is 4.98 Å². The summed E-state index contributed by atoms with van der Waals surface area (Å²) in [5.74, 6) is 0. The normalized spacial score (nSPS) is 15.4. The highest BCUT2D eigenvalue weighted by Gasteiger charge is 2.12. The van der Waals surface area contributed by atoms with E-state index in [1.807, 2.05) is 20.9 Å². The van der Waals surface area contributed by atoms with Crippen LogP contribution in [0, 0.1) is 0 Å². The summed E-state index contributed by atoms with van der Waals surface area (Å²) in [6, 6.07) is 0.314. The summed E-state index contributed by atoms with van der Waals surface area (Å²) in [7, 11) is 1.94. The molecule has 4 heteroatoms. The van der Waals surface area contributed by atoms with E-state index in [-0.39, 0.29) is 6.10 Å². The Kier molecular flexibility index (Phi) is 4.51. The molecule has 0 saturated carbocycles. The smallest absolute Gasteiger partial charge is 0.122 e. The van der Waals surface area contributed by atoms with Gasteiger partial charge in [-0.15, -0.1) is 11.3 Å². The van der Waals surface area contributed by atoms with Crippen LogP contribution in [-0.4, -0.2) is 18.6 Å². The fraction of sp³-hybridized carbons (Fsp3) is 0.700. The lowest BCUT2D eigenvalue weighted by Gasteiger charge is -2.08. The molecule has 2 unspecified atom stereocenters. The average Bonchev–Trinajstić information content (AvgIpc) is 2.66. The van der Waals surface area contributed by atoms with Gasteiger partial charge in [0.2, 0.25) is 0 Å². The number of rotatable bonds is 5. The van der Waals surface area contributed by atoms with Gasteiger partial charge in [0.05, 0.1) is 5.69 Å². The molecule has 1 rings (SSSR count). The van der Waals surface area contributed by atoms with Crippen molar-refractivity contribution in [3.8, 4) is 0 Å². The summed E-state index contributed by atoms with van der Waals surface area (Å²) >= 11 is 1.67. The number of aromatic nitrogens is 1. The van der Waals surface area contributed by atoms with E-state index in [1.54, 1.807) is 11.3 Å². The lowest BCUT2D eigenvalue weighted by atomic mass is 10.3. The van der Waals surface area contributed by atoms with Gasteiger partial charge >= 0.3 is 0 Å². The minimum absolute atomic E-state index is 0.114. The van der Waals surface area contributed by atoms with Gasteiger partial charge in [-0.2, -0.15) is 0 Å². The lowest BCUT2D eigenvalue weighted by Crippen LogP contribution is -2.12. The molecule has 1 aromatic heterocycles. The maximum atomic E-state index is 5.48. The van der Waals surface area contributed by atoms with Crippen molar-refractivity contribution in [1.29, 1.82) is 0 Å². The molecule has 0 fully saturated rings. The Labute approximate surface area is 89.5 Å². The number of hydrogen-bond acceptors (Lipinski definition) is 4. The van der Waals surface area contributed by atoms with Gasteiger partial charge in [-0.1, -0.05) is 0 Å². The molecule has 1 N–H and O–H groups in total. The quantitative estimate of drug-likeness (QED) is 0.818. The molecule has 0 aromatic carbocycles. The van der Waals surface area contributed by atoms with E-state index in [0.29, 0.717) is 6.04 Å². The second-order valence-corrected chi connectivity index (χ2v) is 4.11. The van der Waals surface area contributed by atoms with Crippen LogP contribution < -0.4 is 5.32 Å². The first kappa shape index (κ1) is 11.6. The molecule has 0 spiro atoms. The van der Waals surface area contributed by atoms with Crippen molar-refractivity contribution < 1.29 is 4.74 Å². The Morgan fingerprint density at radius 1 is 1.57 bits per heavy atom. The third kappa shape index (κ3) is 2.77. The second-order valence-electron chi connectivity index (χ2n) is 3.22. The van der Waals surface area contributed by atoms with Gasteiger partial charge in [0.25, 0.3) is 0 Å². The Morgan fingerprint density at radius 3 is 2.86 bits per heavy atom. The first-order valence-electron chi connectivity index (χ1n) is 4.93. The zero-order valence-electron chi connectivity index (χ0n) is 9.20. The minimum Gasteiger partial charge on any atom is -0.372 e. The van der Waals surface area contributed by atoms with Gasteiger partial charge in [0, 0.05) is 18.0 Å². The summed E-state index contributed by atoms with van der Waals surface area (Å²) in [5.41, 5.74) is 1.10. The van der Waals surface area contributed by atoms with E-state index < -0.39 is 0 Å². The topological polar surface area (TPSA) is 34.1 Å². The van der Waals surface area contributed by atoms with Crippen LogP contribution in [0.2, 0.25) is 0 Å². The maximum absolute atomic E-state index is 5.48. The second kappa shape index (κ2) is 5.44. The van der Waals surface area contributed by atoms with Crippen molar-refractivity contribution in [2.24, 2.45) is 0 Å². The lowest BCUT2D eigenvalue weighted by molar-refractivity contribution is 0.0760. The maximum Gasteiger partial charge on any atom is 0.122 e. The summed E-state index contributed by atoms with van der Waals surface area (Å²) in [6.07, 6.45) is 0.114. The van der Waals surface area contributed by atoms with Crippen LogP contribution in [0.25, 0.3) is 0 Å². The van der Waals surface area contributed by atoms with Crippen LogP contribution in [0.4, 0.5) is 0 Å².